The SMILES string of the molecule is CCCCCCCCCCCCCCCCCCOCC1CCCCC1. The Hall–Kier alpha value is -0.0400. The molecule has 0 heterocycles. The van der Waals surface area contributed by atoms with Crippen LogP contribution in [0.1, 0.15) is 142 Å². The van der Waals surface area contributed by atoms with Gasteiger partial charge in [0.1, 0.15) is 0 Å². The molecule has 1 rings (SSSR count). The molecule has 1 aliphatic rings. The van der Waals surface area contributed by atoms with Gasteiger partial charge >= 0.3 is 0 Å². The number of ether oxygens (including phenoxy) is 1. The third-order valence-corrected chi connectivity index (χ3v) is 6.22. The lowest BCUT2D eigenvalue weighted by Gasteiger charge is -2.21. The van der Waals surface area contributed by atoms with Crippen LogP contribution in [-0.4, -0.2) is 13.2 Å². The summed E-state index contributed by atoms with van der Waals surface area (Å²) in [5.74, 6) is 0.879. The van der Waals surface area contributed by atoms with Crippen molar-refractivity contribution in [3.8, 4) is 0 Å². The topological polar surface area (TPSA) is 9.23 Å². The summed E-state index contributed by atoms with van der Waals surface area (Å²) in [6, 6.07) is 0. The zero-order valence-electron chi connectivity index (χ0n) is 18.2. The molecule has 0 spiro atoms. The summed E-state index contributed by atoms with van der Waals surface area (Å²) in [5.41, 5.74) is 0. The maximum absolute atomic E-state index is 5.89. The standard InChI is InChI=1S/C25H50O/c1-2-3-4-5-6-7-8-9-10-11-12-13-14-15-16-20-23-26-24-25-21-18-17-19-22-25/h25H,2-24H2,1H3. The van der Waals surface area contributed by atoms with Crippen LogP contribution in [0.2, 0.25) is 0 Å². The van der Waals surface area contributed by atoms with Gasteiger partial charge in [0.2, 0.25) is 0 Å². The average Bonchev–Trinajstić information content (AvgIpc) is 2.68. The van der Waals surface area contributed by atoms with Crippen molar-refractivity contribution >= 4 is 0 Å². The molecular formula is C25H50O. The van der Waals surface area contributed by atoms with Crippen LogP contribution in [0, 0.1) is 5.92 Å². The summed E-state index contributed by atoms with van der Waals surface area (Å²) in [6.45, 7) is 4.35. The van der Waals surface area contributed by atoms with Crippen LogP contribution in [0.3, 0.4) is 0 Å². The lowest BCUT2D eigenvalue weighted by molar-refractivity contribution is 0.0824. The molecule has 0 aromatic rings. The zero-order valence-corrected chi connectivity index (χ0v) is 18.2. The summed E-state index contributed by atoms with van der Waals surface area (Å²) < 4.78 is 5.89. The van der Waals surface area contributed by atoms with Gasteiger partial charge in [0.25, 0.3) is 0 Å². The molecule has 1 fully saturated rings. The van der Waals surface area contributed by atoms with Gasteiger partial charge in [-0.1, -0.05) is 122 Å². The van der Waals surface area contributed by atoms with E-state index in [9.17, 15) is 0 Å². The van der Waals surface area contributed by atoms with Crippen molar-refractivity contribution in [3.63, 3.8) is 0 Å². The Morgan fingerprint density at radius 3 is 1.42 bits per heavy atom. The van der Waals surface area contributed by atoms with Gasteiger partial charge in [0.05, 0.1) is 0 Å². The quantitative estimate of drug-likeness (QED) is 0.207. The Balaban J connectivity index is 1.65. The molecule has 156 valence electrons. The van der Waals surface area contributed by atoms with E-state index >= 15 is 0 Å². The minimum atomic E-state index is 0.879. The summed E-state index contributed by atoms with van der Waals surface area (Å²) in [5, 5.41) is 0. The second-order valence-electron chi connectivity index (χ2n) is 8.88. The molecule has 0 aliphatic heterocycles. The van der Waals surface area contributed by atoms with Crippen LogP contribution in [0.5, 0.6) is 0 Å². The Morgan fingerprint density at radius 1 is 0.538 bits per heavy atom. The second kappa shape index (κ2) is 19.7. The lowest BCUT2D eigenvalue weighted by atomic mass is 9.90. The van der Waals surface area contributed by atoms with Crippen molar-refractivity contribution in [2.45, 2.75) is 142 Å². The highest BCUT2D eigenvalue weighted by Crippen LogP contribution is 2.23. The van der Waals surface area contributed by atoms with Crippen LogP contribution in [0.4, 0.5) is 0 Å². The highest BCUT2D eigenvalue weighted by molar-refractivity contribution is 4.64. The van der Waals surface area contributed by atoms with E-state index in [2.05, 4.69) is 6.92 Å². The Kier molecular flexibility index (Phi) is 18.2. The molecule has 0 N–H and O–H groups in total. The monoisotopic (exact) mass is 366 g/mol. The molecule has 0 atom stereocenters. The van der Waals surface area contributed by atoms with Crippen LogP contribution in [-0.2, 0) is 4.74 Å². The van der Waals surface area contributed by atoms with E-state index in [1.807, 2.05) is 0 Å². The summed E-state index contributed by atoms with van der Waals surface area (Å²) in [7, 11) is 0. The van der Waals surface area contributed by atoms with E-state index in [0.29, 0.717) is 0 Å². The van der Waals surface area contributed by atoms with Gasteiger partial charge in [-0.05, 0) is 25.2 Å². The molecule has 0 radical (unpaired) electrons. The molecule has 0 unspecified atom stereocenters. The summed E-state index contributed by atoms with van der Waals surface area (Å²) >= 11 is 0. The van der Waals surface area contributed by atoms with Crippen molar-refractivity contribution < 1.29 is 4.74 Å². The molecule has 1 nitrogen and oxygen atoms in total. The van der Waals surface area contributed by atoms with Crippen molar-refractivity contribution in [1.82, 2.24) is 0 Å². The van der Waals surface area contributed by atoms with Crippen molar-refractivity contribution in [2.24, 2.45) is 5.92 Å². The van der Waals surface area contributed by atoms with Gasteiger partial charge in [-0.25, -0.2) is 0 Å². The van der Waals surface area contributed by atoms with Crippen LogP contribution in [0.15, 0.2) is 0 Å². The summed E-state index contributed by atoms with van der Waals surface area (Å²) in [4.78, 5) is 0. The first-order valence-electron chi connectivity index (χ1n) is 12.5. The molecule has 1 aliphatic carbocycles. The fraction of sp³-hybridized carbons (Fsp3) is 1.00. The lowest BCUT2D eigenvalue weighted by Crippen LogP contribution is -2.13. The van der Waals surface area contributed by atoms with Gasteiger partial charge in [0.15, 0.2) is 0 Å². The molecule has 0 aromatic heterocycles. The normalized spacial score (nSPS) is 15.6. The second-order valence-corrected chi connectivity index (χ2v) is 8.88. The largest absolute Gasteiger partial charge is 0.381 e. The zero-order chi connectivity index (χ0) is 18.5. The van der Waals surface area contributed by atoms with Crippen molar-refractivity contribution in [3.05, 3.63) is 0 Å². The number of rotatable bonds is 19. The number of hydrogen-bond donors (Lipinski definition) is 0. The van der Waals surface area contributed by atoms with Crippen molar-refractivity contribution in [2.75, 3.05) is 13.2 Å². The molecule has 1 heteroatoms. The fourth-order valence-electron chi connectivity index (χ4n) is 4.36. The van der Waals surface area contributed by atoms with E-state index in [4.69, 9.17) is 4.74 Å². The number of hydrogen-bond acceptors (Lipinski definition) is 1. The molecular weight excluding hydrogens is 316 g/mol. The van der Waals surface area contributed by atoms with E-state index < -0.39 is 0 Å². The molecule has 26 heavy (non-hydrogen) atoms. The molecule has 1 saturated carbocycles. The van der Waals surface area contributed by atoms with Gasteiger partial charge in [-0.3, -0.25) is 0 Å². The third-order valence-electron chi connectivity index (χ3n) is 6.22. The summed E-state index contributed by atoms with van der Waals surface area (Å²) in [6.07, 6.45) is 30.2. The Labute approximate surface area is 166 Å². The molecule has 0 aromatic carbocycles. The first kappa shape index (κ1) is 24.0. The highest BCUT2D eigenvalue weighted by Gasteiger charge is 2.12. The van der Waals surface area contributed by atoms with E-state index in [1.165, 1.54) is 135 Å². The van der Waals surface area contributed by atoms with Crippen LogP contribution in [0.25, 0.3) is 0 Å². The smallest absolute Gasteiger partial charge is 0.0494 e. The molecule has 0 bridgehead atoms. The minimum absolute atomic E-state index is 0.879. The fourth-order valence-corrected chi connectivity index (χ4v) is 4.36. The highest BCUT2D eigenvalue weighted by atomic mass is 16.5. The van der Waals surface area contributed by atoms with Crippen molar-refractivity contribution in [1.29, 1.82) is 0 Å². The van der Waals surface area contributed by atoms with E-state index in [1.54, 1.807) is 0 Å². The first-order chi connectivity index (χ1) is 12.9. The van der Waals surface area contributed by atoms with Crippen LogP contribution < -0.4 is 0 Å². The predicted octanol–water partition coefficient (Wildman–Crippen LogP) is 8.84. The third kappa shape index (κ3) is 16.2. The Bertz CT molecular complexity index is 257. The van der Waals surface area contributed by atoms with Gasteiger partial charge in [-0.2, -0.15) is 0 Å². The van der Waals surface area contributed by atoms with Crippen LogP contribution >= 0.6 is 0 Å². The minimum Gasteiger partial charge on any atom is -0.381 e. The van der Waals surface area contributed by atoms with Gasteiger partial charge < -0.3 is 4.74 Å². The molecule has 0 amide bonds. The van der Waals surface area contributed by atoms with Gasteiger partial charge in [0, 0.05) is 13.2 Å². The molecule has 0 saturated heterocycles. The maximum atomic E-state index is 5.89. The maximum Gasteiger partial charge on any atom is 0.0494 e. The van der Waals surface area contributed by atoms with E-state index in [-0.39, 0.29) is 0 Å². The first-order valence-corrected chi connectivity index (χ1v) is 12.5. The van der Waals surface area contributed by atoms with E-state index in [0.717, 1.165) is 19.1 Å². The predicted molar refractivity (Wildman–Crippen MR) is 117 cm³/mol. The average molecular weight is 367 g/mol. The van der Waals surface area contributed by atoms with Gasteiger partial charge in [-0.15, -0.1) is 0 Å². The Morgan fingerprint density at radius 2 is 0.962 bits per heavy atom. The number of unbranched alkanes of at least 4 members (excludes halogenated alkanes) is 15.